The zero-order chi connectivity index (χ0) is 42.7. The van der Waals surface area contributed by atoms with Crippen molar-refractivity contribution in [2.45, 2.75) is 0 Å². The van der Waals surface area contributed by atoms with E-state index in [1.807, 2.05) is 84.9 Å². The van der Waals surface area contributed by atoms with Crippen LogP contribution in [-0.4, -0.2) is 0 Å². The molecule has 47 heavy (non-hydrogen) atoms. The van der Waals surface area contributed by atoms with Crippen molar-refractivity contribution in [1.82, 2.24) is 0 Å². The summed E-state index contributed by atoms with van der Waals surface area (Å²) in [6.07, 6.45) is 0. The van der Waals surface area contributed by atoms with Crippen LogP contribution in [-0.2, 0) is 0 Å². The molecule has 8 aromatic rings. The summed E-state index contributed by atoms with van der Waals surface area (Å²) in [7, 11) is 0. The third kappa shape index (κ3) is 5.83. The van der Waals surface area contributed by atoms with Crippen LogP contribution in [0.15, 0.2) is 200 Å². The van der Waals surface area contributed by atoms with Crippen LogP contribution >= 0.6 is 0 Å². The van der Waals surface area contributed by atoms with Gasteiger partial charge in [-0.3, -0.25) is 0 Å². The highest BCUT2D eigenvalue weighted by Crippen LogP contribution is 2.39. The van der Waals surface area contributed by atoms with Crippen LogP contribution in [0.5, 0.6) is 0 Å². The molecular weight excluding hydrogens is 567 g/mol. The monoisotopic (exact) mass is 612 g/mol. The highest BCUT2D eigenvalue weighted by atomic mass is 15.1. The lowest BCUT2D eigenvalue weighted by Crippen LogP contribution is -2.10. The van der Waals surface area contributed by atoms with Gasteiger partial charge in [0, 0.05) is 17.1 Å². The van der Waals surface area contributed by atoms with Gasteiger partial charge >= 0.3 is 0 Å². The third-order valence-electron chi connectivity index (χ3n) is 7.91. The van der Waals surface area contributed by atoms with Gasteiger partial charge in [0.25, 0.3) is 0 Å². The summed E-state index contributed by atoms with van der Waals surface area (Å²) < 4.78 is 116. The highest BCUT2D eigenvalue weighted by molar-refractivity contribution is 5.97. The molecule has 0 spiro atoms. The van der Waals surface area contributed by atoms with Crippen LogP contribution in [0.25, 0.3) is 55.3 Å². The lowest BCUT2D eigenvalue weighted by molar-refractivity contribution is 1.28. The Labute approximate surface area is 294 Å². The van der Waals surface area contributed by atoms with Gasteiger partial charge in [-0.05, 0) is 97.6 Å². The van der Waals surface area contributed by atoms with Gasteiger partial charge in [0.1, 0.15) is 0 Å². The Morgan fingerprint density at radius 3 is 1.77 bits per heavy atom. The van der Waals surface area contributed by atoms with Crippen LogP contribution in [0.4, 0.5) is 17.1 Å². The Balaban J connectivity index is 1.40. The molecule has 1 nitrogen and oxygen atoms in total. The molecule has 0 heterocycles. The van der Waals surface area contributed by atoms with E-state index in [2.05, 4.69) is 0 Å². The third-order valence-corrected chi connectivity index (χ3v) is 7.91. The van der Waals surface area contributed by atoms with E-state index in [1.165, 1.54) is 4.90 Å². The van der Waals surface area contributed by atoms with Crippen molar-refractivity contribution in [3.63, 3.8) is 0 Å². The van der Waals surface area contributed by atoms with Crippen LogP contribution in [0.2, 0.25) is 0 Å². The fraction of sp³-hybridized carbons (Fsp3) is 0. The molecule has 1 heteroatoms. The second kappa shape index (κ2) is 12.7. The van der Waals surface area contributed by atoms with Gasteiger partial charge in [0.15, 0.2) is 0 Å². The summed E-state index contributed by atoms with van der Waals surface area (Å²) in [6, 6.07) is 29.2. The van der Waals surface area contributed by atoms with Crippen molar-refractivity contribution < 1.29 is 17.8 Å². The first-order chi connectivity index (χ1) is 28.7. The molecule has 0 atom stereocenters. The summed E-state index contributed by atoms with van der Waals surface area (Å²) in [5, 5.41) is 1.49. The molecule has 0 aliphatic rings. The number of hydrogen-bond acceptors (Lipinski definition) is 1. The van der Waals surface area contributed by atoms with E-state index in [0.29, 0.717) is 10.9 Å². The number of anilines is 3. The van der Waals surface area contributed by atoms with Crippen molar-refractivity contribution in [2.24, 2.45) is 0 Å². The summed E-state index contributed by atoms with van der Waals surface area (Å²) in [5.74, 6) is 0. The topological polar surface area (TPSA) is 3.24 Å². The average molecular weight is 613 g/mol. The Morgan fingerprint density at radius 1 is 0.362 bits per heavy atom. The second-order valence-electron chi connectivity index (χ2n) is 10.8. The average Bonchev–Trinajstić information content (AvgIpc) is 3.27. The number of hydrogen-bond donors (Lipinski definition) is 0. The van der Waals surface area contributed by atoms with Crippen LogP contribution in [0, 0.1) is 0 Å². The number of fused-ring (bicyclic) bond motifs is 1. The largest absolute Gasteiger partial charge is 0.310 e. The summed E-state index contributed by atoms with van der Waals surface area (Å²) in [5.41, 5.74) is 2.61. The summed E-state index contributed by atoms with van der Waals surface area (Å²) in [4.78, 5) is 1.22. The maximum Gasteiger partial charge on any atom is 0.0651 e. The van der Waals surface area contributed by atoms with E-state index in [4.69, 9.17) is 9.60 Å². The maximum atomic E-state index is 9.71. The van der Waals surface area contributed by atoms with Gasteiger partial charge in [-0.15, -0.1) is 0 Å². The molecule has 0 bridgehead atoms. The van der Waals surface area contributed by atoms with Crippen molar-refractivity contribution in [3.8, 4) is 44.5 Å². The predicted octanol–water partition coefficient (Wildman–Crippen LogP) is 13.0. The quantitative estimate of drug-likeness (QED) is 0.173. The second-order valence-corrected chi connectivity index (χ2v) is 10.8. The number of rotatable bonds is 7. The Bertz CT molecular complexity index is 2960. The molecule has 0 aliphatic heterocycles. The van der Waals surface area contributed by atoms with Crippen LogP contribution in [0.3, 0.4) is 0 Å². The summed E-state index contributed by atoms with van der Waals surface area (Å²) >= 11 is 0. The highest BCUT2D eigenvalue weighted by Gasteiger charge is 2.15. The van der Waals surface area contributed by atoms with Gasteiger partial charge in [-0.1, -0.05) is 158 Å². The lowest BCUT2D eigenvalue weighted by atomic mass is 9.97. The van der Waals surface area contributed by atoms with Gasteiger partial charge in [0.05, 0.1) is 17.8 Å². The Morgan fingerprint density at radius 2 is 0.979 bits per heavy atom. The fourth-order valence-corrected chi connectivity index (χ4v) is 5.62. The predicted molar refractivity (Wildman–Crippen MR) is 200 cm³/mol. The standard InChI is InChI=1S/C46H33N/c1-3-12-34(13-4-1)36-24-28-42(29-25-36)47(44-21-10-20-41(33-44)46-23-11-17-38-16-7-8-22-45(38)46)43-30-26-37(27-31-43)40-19-9-18-39(32-40)35-14-5-2-6-15-35/h1-33H/i1D,3D,4D,10D,12D,13D,20D,21D,24D,25D,28D,29D,33D. The summed E-state index contributed by atoms with van der Waals surface area (Å²) in [6.45, 7) is 0. The zero-order valence-electron chi connectivity index (χ0n) is 38.0. The molecule has 0 unspecified atom stereocenters. The van der Waals surface area contributed by atoms with Crippen molar-refractivity contribution in [3.05, 3.63) is 200 Å². The van der Waals surface area contributed by atoms with Gasteiger partial charge in [-0.25, -0.2) is 0 Å². The molecule has 0 aliphatic carbocycles. The van der Waals surface area contributed by atoms with Crippen molar-refractivity contribution >= 4 is 27.8 Å². The van der Waals surface area contributed by atoms with E-state index in [-0.39, 0.29) is 29.0 Å². The van der Waals surface area contributed by atoms with E-state index < -0.39 is 83.3 Å². The van der Waals surface area contributed by atoms with Crippen LogP contribution < -0.4 is 4.90 Å². The van der Waals surface area contributed by atoms with E-state index in [0.717, 1.165) is 27.6 Å². The fourth-order valence-electron chi connectivity index (χ4n) is 5.62. The zero-order valence-corrected chi connectivity index (χ0v) is 25.0. The van der Waals surface area contributed by atoms with Crippen molar-refractivity contribution in [2.75, 3.05) is 4.90 Å². The molecule has 0 saturated heterocycles. The smallest absolute Gasteiger partial charge is 0.0651 e. The van der Waals surface area contributed by atoms with E-state index in [9.17, 15) is 8.22 Å². The lowest BCUT2D eigenvalue weighted by Gasteiger charge is -2.26. The first kappa shape index (κ1) is 17.5. The van der Waals surface area contributed by atoms with E-state index in [1.54, 1.807) is 36.4 Å². The molecule has 0 aromatic heterocycles. The van der Waals surface area contributed by atoms with Crippen molar-refractivity contribution in [1.29, 1.82) is 0 Å². The van der Waals surface area contributed by atoms with E-state index >= 15 is 0 Å². The molecule has 8 rings (SSSR count). The Kier molecular flexibility index (Phi) is 4.72. The molecule has 222 valence electrons. The van der Waals surface area contributed by atoms with Gasteiger partial charge in [0.2, 0.25) is 0 Å². The molecule has 0 fully saturated rings. The molecule has 0 N–H and O–H groups in total. The molecule has 0 saturated carbocycles. The number of nitrogens with zero attached hydrogens (tertiary/aromatic N) is 1. The first-order valence-corrected chi connectivity index (χ1v) is 15.0. The van der Waals surface area contributed by atoms with Gasteiger partial charge in [-0.2, -0.15) is 0 Å². The molecule has 0 radical (unpaired) electrons. The maximum absolute atomic E-state index is 9.71. The molecular formula is C46H33N. The first-order valence-electron chi connectivity index (χ1n) is 21.5. The normalized spacial score (nSPS) is 14.9. The SMILES string of the molecule is [2H]c1c([2H])c([2H])c(-c2c([2H])c([2H])c(N(c3ccc(-c4cccc(-c5ccccc5)c4)cc3)c3c([2H])c([2H])c([2H])c(-c4cccc5ccccc45)c3[2H])c([2H])c2[2H])c([2H])c1[2H]. The number of benzene rings is 8. The molecule has 0 amide bonds. The minimum atomic E-state index is -0.723. The Hall–Kier alpha value is -6.18. The minimum absolute atomic E-state index is 0.0214. The minimum Gasteiger partial charge on any atom is -0.310 e. The van der Waals surface area contributed by atoms with Gasteiger partial charge < -0.3 is 4.90 Å². The van der Waals surface area contributed by atoms with Crippen LogP contribution in [0.1, 0.15) is 17.8 Å². The molecule has 8 aromatic carbocycles.